The van der Waals surface area contributed by atoms with Crippen molar-refractivity contribution in [1.29, 1.82) is 0 Å². The summed E-state index contributed by atoms with van der Waals surface area (Å²) >= 11 is 0. The topological polar surface area (TPSA) is 26.3 Å². The number of aryl methyl sites for hydroxylation is 2. The van der Waals surface area contributed by atoms with Gasteiger partial charge in [0.1, 0.15) is 5.75 Å². The van der Waals surface area contributed by atoms with Crippen LogP contribution in [0.15, 0.2) is 36.4 Å². The first-order chi connectivity index (χ1) is 10.6. The molecule has 2 nitrogen and oxygen atoms in total. The lowest BCUT2D eigenvalue weighted by Crippen LogP contribution is -2.07. The van der Waals surface area contributed by atoms with Crippen molar-refractivity contribution in [3.8, 4) is 5.75 Å². The van der Waals surface area contributed by atoms with E-state index in [9.17, 15) is 4.79 Å². The first-order valence-corrected chi connectivity index (χ1v) is 8.64. The molecule has 0 heterocycles. The Hall–Kier alpha value is -1.66. The fourth-order valence-electron chi connectivity index (χ4n) is 2.84. The molecular formula is C19H23O2P. The quantitative estimate of drug-likeness (QED) is 0.576. The van der Waals surface area contributed by atoms with E-state index in [1.807, 2.05) is 18.2 Å². The molecule has 0 radical (unpaired) electrons. The second-order valence-electron chi connectivity index (χ2n) is 5.51. The molecule has 2 aromatic rings. The maximum Gasteiger partial charge on any atom is 0.150 e. The molecule has 0 aromatic heterocycles. The van der Waals surface area contributed by atoms with Gasteiger partial charge < -0.3 is 4.74 Å². The summed E-state index contributed by atoms with van der Waals surface area (Å²) in [4.78, 5) is 11.2. The normalized spacial score (nSPS) is 12.5. The Morgan fingerprint density at radius 2 is 1.95 bits per heavy atom. The number of hydrogen-bond donors (Lipinski definition) is 0. The van der Waals surface area contributed by atoms with Crippen molar-refractivity contribution in [1.82, 2.24) is 0 Å². The van der Waals surface area contributed by atoms with Crippen LogP contribution in [0.2, 0.25) is 0 Å². The lowest BCUT2D eigenvalue weighted by atomic mass is 10.0. The van der Waals surface area contributed by atoms with Gasteiger partial charge in [-0.25, -0.2) is 0 Å². The molecule has 0 bridgehead atoms. The van der Waals surface area contributed by atoms with E-state index >= 15 is 0 Å². The molecule has 3 heteroatoms. The molecule has 0 aliphatic heterocycles. The lowest BCUT2D eigenvalue weighted by Gasteiger charge is -2.21. The van der Waals surface area contributed by atoms with Crippen molar-refractivity contribution in [2.45, 2.75) is 32.9 Å². The summed E-state index contributed by atoms with van der Waals surface area (Å²) in [5.74, 6) is 0.980. The molecule has 2 aromatic carbocycles. The minimum Gasteiger partial charge on any atom is -0.496 e. The van der Waals surface area contributed by atoms with Crippen LogP contribution < -0.4 is 10.0 Å². The third kappa shape index (κ3) is 3.56. The second-order valence-corrected chi connectivity index (χ2v) is 7.04. The van der Waals surface area contributed by atoms with Crippen LogP contribution in [0, 0.1) is 13.8 Å². The molecule has 0 aliphatic rings. The number of methoxy groups -OCH3 is 1. The molecular weight excluding hydrogens is 291 g/mol. The molecule has 0 spiro atoms. The largest absolute Gasteiger partial charge is 0.496 e. The second kappa shape index (κ2) is 7.56. The molecule has 22 heavy (non-hydrogen) atoms. The van der Waals surface area contributed by atoms with E-state index in [0.717, 1.165) is 29.3 Å². The molecule has 0 N–H and O–H groups in total. The van der Waals surface area contributed by atoms with Crippen molar-refractivity contribution in [3.63, 3.8) is 0 Å². The molecule has 0 fully saturated rings. The van der Waals surface area contributed by atoms with Crippen molar-refractivity contribution >= 4 is 20.2 Å². The van der Waals surface area contributed by atoms with Gasteiger partial charge in [0, 0.05) is 16.8 Å². The summed E-state index contributed by atoms with van der Waals surface area (Å²) in [6, 6.07) is 12.2. The van der Waals surface area contributed by atoms with E-state index in [4.69, 9.17) is 4.74 Å². The highest BCUT2D eigenvalue weighted by Crippen LogP contribution is 2.43. The van der Waals surface area contributed by atoms with Crippen LogP contribution in [0.1, 0.15) is 46.1 Å². The fourth-order valence-corrected chi connectivity index (χ4v) is 4.29. The summed E-state index contributed by atoms with van der Waals surface area (Å²) in [6.45, 7) is 6.40. The number of rotatable bonds is 6. The van der Waals surface area contributed by atoms with Gasteiger partial charge in [0.05, 0.1) is 7.11 Å². The predicted molar refractivity (Wildman–Crippen MR) is 95.3 cm³/mol. The Morgan fingerprint density at radius 3 is 2.59 bits per heavy atom. The van der Waals surface area contributed by atoms with Gasteiger partial charge in [-0.1, -0.05) is 57.5 Å². The minimum absolute atomic E-state index is 0.370. The van der Waals surface area contributed by atoms with Crippen LogP contribution in [0.4, 0.5) is 0 Å². The SMILES string of the molecule is CCC(Pc1ccccc1C=O)c1cc(C)cc(C)c1OC. The number of carbonyl (C=O) groups excluding carboxylic acids is 1. The van der Waals surface area contributed by atoms with Gasteiger partial charge in [-0.2, -0.15) is 0 Å². The fraction of sp³-hybridized carbons (Fsp3) is 0.316. The summed E-state index contributed by atoms with van der Waals surface area (Å²) in [7, 11) is 2.29. The Bertz CT molecular complexity index is 664. The summed E-state index contributed by atoms with van der Waals surface area (Å²) in [5, 5.41) is 1.13. The van der Waals surface area contributed by atoms with Crippen LogP contribution in [0.5, 0.6) is 5.75 Å². The highest BCUT2D eigenvalue weighted by Gasteiger charge is 2.18. The Balaban J connectivity index is 2.42. The van der Waals surface area contributed by atoms with Gasteiger partial charge >= 0.3 is 0 Å². The van der Waals surface area contributed by atoms with Crippen LogP contribution in [-0.4, -0.2) is 13.4 Å². The zero-order valence-electron chi connectivity index (χ0n) is 13.6. The van der Waals surface area contributed by atoms with Crippen molar-refractivity contribution in [2.24, 2.45) is 0 Å². The van der Waals surface area contributed by atoms with Crippen molar-refractivity contribution in [2.75, 3.05) is 7.11 Å². The maximum absolute atomic E-state index is 11.2. The molecule has 2 unspecified atom stereocenters. The number of benzene rings is 2. The summed E-state index contributed by atoms with van der Waals surface area (Å²) in [6.07, 6.45) is 1.97. The molecule has 0 saturated carbocycles. The highest BCUT2D eigenvalue weighted by atomic mass is 31.1. The molecule has 0 aliphatic carbocycles. The minimum atomic E-state index is 0.370. The average Bonchev–Trinajstić information content (AvgIpc) is 2.52. The van der Waals surface area contributed by atoms with Gasteiger partial charge in [0.2, 0.25) is 0 Å². The van der Waals surface area contributed by atoms with Gasteiger partial charge in [0.15, 0.2) is 6.29 Å². The van der Waals surface area contributed by atoms with Crippen LogP contribution in [0.25, 0.3) is 0 Å². The number of ether oxygens (including phenoxy) is 1. The zero-order chi connectivity index (χ0) is 16.1. The van der Waals surface area contributed by atoms with Gasteiger partial charge in [-0.3, -0.25) is 4.79 Å². The van der Waals surface area contributed by atoms with Gasteiger partial charge in [-0.15, -0.1) is 0 Å². The average molecular weight is 314 g/mol. The lowest BCUT2D eigenvalue weighted by molar-refractivity contribution is 0.112. The smallest absolute Gasteiger partial charge is 0.150 e. The standard InChI is InChI=1S/C19H23O2P/c1-5-17(22-18-9-7-6-8-15(18)12-20)16-11-13(2)10-14(3)19(16)21-4/h6-12,17,22H,5H2,1-4H3. The van der Waals surface area contributed by atoms with E-state index < -0.39 is 0 Å². The first kappa shape index (κ1) is 16.7. The van der Waals surface area contributed by atoms with Gasteiger partial charge in [0.25, 0.3) is 0 Å². The van der Waals surface area contributed by atoms with Crippen LogP contribution in [-0.2, 0) is 0 Å². The monoisotopic (exact) mass is 314 g/mol. The van der Waals surface area contributed by atoms with Crippen LogP contribution in [0.3, 0.4) is 0 Å². The summed E-state index contributed by atoms with van der Waals surface area (Å²) in [5.41, 5.74) is 4.84. The molecule has 0 saturated heterocycles. The van der Waals surface area contributed by atoms with E-state index in [0.29, 0.717) is 14.2 Å². The maximum atomic E-state index is 11.2. The molecule has 116 valence electrons. The van der Waals surface area contributed by atoms with Gasteiger partial charge in [-0.05, 0) is 31.1 Å². The van der Waals surface area contributed by atoms with Crippen molar-refractivity contribution < 1.29 is 9.53 Å². The number of hydrogen-bond acceptors (Lipinski definition) is 2. The highest BCUT2D eigenvalue weighted by molar-refractivity contribution is 7.47. The molecule has 0 amide bonds. The third-order valence-electron chi connectivity index (χ3n) is 3.85. The van der Waals surface area contributed by atoms with E-state index in [2.05, 4.69) is 39.0 Å². The zero-order valence-corrected chi connectivity index (χ0v) is 14.6. The van der Waals surface area contributed by atoms with E-state index in [1.54, 1.807) is 7.11 Å². The van der Waals surface area contributed by atoms with E-state index in [1.165, 1.54) is 16.7 Å². The third-order valence-corrected chi connectivity index (χ3v) is 5.69. The Morgan fingerprint density at radius 1 is 1.23 bits per heavy atom. The number of carbonyl (C=O) groups is 1. The number of aldehydes is 1. The van der Waals surface area contributed by atoms with E-state index in [-0.39, 0.29) is 0 Å². The molecule has 2 atom stereocenters. The van der Waals surface area contributed by atoms with Crippen molar-refractivity contribution in [3.05, 3.63) is 58.7 Å². The Kier molecular flexibility index (Phi) is 5.74. The first-order valence-electron chi connectivity index (χ1n) is 7.56. The van der Waals surface area contributed by atoms with Crippen LogP contribution >= 0.6 is 8.58 Å². The predicted octanol–water partition coefficient (Wildman–Crippen LogP) is 4.58. The molecule has 2 rings (SSSR count). The Labute approximate surface area is 134 Å². The summed E-state index contributed by atoms with van der Waals surface area (Å²) < 4.78 is 5.64.